The van der Waals surface area contributed by atoms with Gasteiger partial charge in [-0.25, -0.2) is 0 Å². The molecular weight excluding hydrogens is 252 g/mol. The Morgan fingerprint density at radius 2 is 2.15 bits per heavy atom. The van der Waals surface area contributed by atoms with Crippen LogP contribution < -0.4 is 5.32 Å². The molecule has 2 aliphatic rings. The number of rotatable bonds is 2. The molecule has 0 spiro atoms. The number of hydrogen-bond donors (Lipinski definition) is 1. The molecule has 1 aromatic carbocycles. The van der Waals surface area contributed by atoms with E-state index >= 15 is 0 Å². The van der Waals surface area contributed by atoms with Crippen molar-refractivity contribution in [3.05, 3.63) is 34.9 Å². The Bertz CT molecular complexity index is 515. The molecule has 2 unspecified atom stereocenters. The molecule has 0 aromatic heterocycles. The third-order valence-corrected chi connectivity index (χ3v) is 4.56. The van der Waals surface area contributed by atoms with E-state index in [9.17, 15) is 4.79 Å². The smallest absolute Gasteiger partial charge is 0.253 e. The SMILES string of the molecule is COC1CN(C(=O)c2ccc3c(c2)CNC3)CCC1C. The van der Waals surface area contributed by atoms with E-state index in [1.807, 2.05) is 17.0 Å². The maximum atomic E-state index is 12.6. The minimum absolute atomic E-state index is 0.133. The molecule has 1 aromatic rings. The number of carbonyl (C=O) groups is 1. The van der Waals surface area contributed by atoms with Crippen LogP contribution in [0.4, 0.5) is 0 Å². The van der Waals surface area contributed by atoms with Crippen LogP contribution in [0.15, 0.2) is 18.2 Å². The molecule has 0 saturated carbocycles. The highest BCUT2D eigenvalue weighted by Gasteiger charge is 2.29. The second-order valence-electron chi connectivity index (χ2n) is 5.88. The molecule has 3 rings (SSSR count). The number of methoxy groups -OCH3 is 1. The van der Waals surface area contributed by atoms with Gasteiger partial charge in [0.15, 0.2) is 0 Å². The van der Waals surface area contributed by atoms with E-state index in [-0.39, 0.29) is 12.0 Å². The molecular formula is C16H22N2O2. The molecule has 4 heteroatoms. The van der Waals surface area contributed by atoms with Crippen LogP contribution in [-0.2, 0) is 17.8 Å². The van der Waals surface area contributed by atoms with E-state index in [2.05, 4.69) is 18.3 Å². The summed E-state index contributed by atoms with van der Waals surface area (Å²) in [6.07, 6.45) is 1.17. The van der Waals surface area contributed by atoms with Gasteiger partial charge in [0.25, 0.3) is 5.91 Å². The van der Waals surface area contributed by atoms with Gasteiger partial charge in [0.2, 0.25) is 0 Å². The lowest BCUT2D eigenvalue weighted by atomic mass is 9.95. The van der Waals surface area contributed by atoms with E-state index in [0.717, 1.165) is 31.6 Å². The minimum Gasteiger partial charge on any atom is -0.379 e. The maximum absolute atomic E-state index is 12.6. The third-order valence-electron chi connectivity index (χ3n) is 4.56. The Balaban J connectivity index is 1.75. The van der Waals surface area contributed by atoms with E-state index in [0.29, 0.717) is 12.5 Å². The van der Waals surface area contributed by atoms with Crippen molar-refractivity contribution in [1.29, 1.82) is 0 Å². The zero-order chi connectivity index (χ0) is 14.1. The van der Waals surface area contributed by atoms with Crippen molar-refractivity contribution >= 4 is 5.91 Å². The Labute approximate surface area is 120 Å². The molecule has 1 saturated heterocycles. The molecule has 2 atom stereocenters. The van der Waals surface area contributed by atoms with Gasteiger partial charge in [-0.3, -0.25) is 4.79 Å². The van der Waals surface area contributed by atoms with Crippen molar-refractivity contribution in [2.24, 2.45) is 5.92 Å². The largest absolute Gasteiger partial charge is 0.379 e. The van der Waals surface area contributed by atoms with Crippen molar-refractivity contribution in [3.8, 4) is 0 Å². The highest BCUT2D eigenvalue weighted by atomic mass is 16.5. The second kappa shape index (κ2) is 5.54. The first-order chi connectivity index (χ1) is 9.69. The molecule has 2 aliphatic heterocycles. The van der Waals surface area contributed by atoms with Gasteiger partial charge in [-0.1, -0.05) is 13.0 Å². The summed E-state index contributed by atoms with van der Waals surface area (Å²) in [5.74, 6) is 0.655. The van der Waals surface area contributed by atoms with Crippen LogP contribution in [0.25, 0.3) is 0 Å². The molecule has 108 valence electrons. The van der Waals surface area contributed by atoms with Crippen LogP contribution in [0, 0.1) is 5.92 Å². The average molecular weight is 274 g/mol. The molecule has 0 bridgehead atoms. The van der Waals surface area contributed by atoms with Gasteiger partial charge in [-0.05, 0) is 35.6 Å². The minimum atomic E-state index is 0.133. The fraction of sp³-hybridized carbons (Fsp3) is 0.562. The number of amides is 1. The molecule has 1 fully saturated rings. The van der Waals surface area contributed by atoms with Crippen molar-refractivity contribution < 1.29 is 9.53 Å². The highest BCUT2D eigenvalue weighted by molar-refractivity contribution is 5.94. The number of hydrogen-bond acceptors (Lipinski definition) is 3. The van der Waals surface area contributed by atoms with Crippen molar-refractivity contribution in [2.45, 2.75) is 32.5 Å². The first kappa shape index (κ1) is 13.6. The first-order valence-electron chi connectivity index (χ1n) is 7.33. The van der Waals surface area contributed by atoms with Crippen molar-refractivity contribution in [3.63, 3.8) is 0 Å². The summed E-state index contributed by atoms with van der Waals surface area (Å²) in [6.45, 7) is 5.50. The zero-order valence-electron chi connectivity index (χ0n) is 12.2. The van der Waals surface area contributed by atoms with Gasteiger partial charge >= 0.3 is 0 Å². The monoisotopic (exact) mass is 274 g/mol. The van der Waals surface area contributed by atoms with Crippen LogP contribution in [-0.4, -0.2) is 37.1 Å². The number of piperidine rings is 1. The average Bonchev–Trinajstić information content (AvgIpc) is 2.94. The fourth-order valence-corrected chi connectivity index (χ4v) is 3.14. The van der Waals surface area contributed by atoms with Gasteiger partial charge in [0.1, 0.15) is 0 Å². The second-order valence-corrected chi connectivity index (χ2v) is 5.88. The maximum Gasteiger partial charge on any atom is 0.253 e. The predicted molar refractivity (Wildman–Crippen MR) is 77.5 cm³/mol. The first-order valence-corrected chi connectivity index (χ1v) is 7.33. The Morgan fingerprint density at radius 1 is 1.35 bits per heavy atom. The highest BCUT2D eigenvalue weighted by Crippen LogP contribution is 2.23. The van der Waals surface area contributed by atoms with E-state index in [1.165, 1.54) is 11.1 Å². The summed E-state index contributed by atoms with van der Waals surface area (Å²) in [4.78, 5) is 14.5. The molecule has 1 N–H and O–H groups in total. The number of carbonyl (C=O) groups excluding carboxylic acids is 1. The number of nitrogens with zero attached hydrogens (tertiary/aromatic N) is 1. The van der Waals surface area contributed by atoms with E-state index in [4.69, 9.17) is 4.74 Å². The number of benzene rings is 1. The van der Waals surface area contributed by atoms with Crippen LogP contribution >= 0.6 is 0 Å². The van der Waals surface area contributed by atoms with Gasteiger partial charge < -0.3 is 15.0 Å². The number of ether oxygens (including phenoxy) is 1. The van der Waals surface area contributed by atoms with Crippen LogP contribution in [0.3, 0.4) is 0 Å². The number of nitrogens with one attached hydrogen (secondary N) is 1. The van der Waals surface area contributed by atoms with Crippen molar-refractivity contribution in [1.82, 2.24) is 10.2 Å². The summed E-state index contributed by atoms with van der Waals surface area (Å²) >= 11 is 0. The fourth-order valence-electron chi connectivity index (χ4n) is 3.14. The summed E-state index contributed by atoms with van der Waals surface area (Å²) in [5, 5.41) is 3.31. The molecule has 4 nitrogen and oxygen atoms in total. The topological polar surface area (TPSA) is 41.6 Å². The summed E-state index contributed by atoms with van der Waals surface area (Å²) in [6, 6.07) is 6.06. The molecule has 0 radical (unpaired) electrons. The lowest BCUT2D eigenvalue weighted by Gasteiger charge is -2.36. The third kappa shape index (κ3) is 2.45. The van der Waals surface area contributed by atoms with E-state index in [1.54, 1.807) is 7.11 Å². The van der Waals surface area contributed by atoms with Gasteiger partial charge in [0.05, 0.1) is 6.10 Å². The normalized spacial score (nSPS) is 25.6. The van der Waals surface area contributed by atoms with Gasteiger partial charge in [-0.15, -0.1) is 0 Å². The lowest BCUT2D eigenvalue weighted by Crippen LogP contribution is -2.46. The van der Waals surface area contributed by atoms with Gasteiger partial charge in [0, 0.05) is 38.9 Å². The Morgan fingerprint density at radius 3 is 2.95 bits per heavy atom. The standard InChI is InChI=1S/C16H22N2O2/c1-11-5-6-18(10-15(11)20-2)16(19)12-3-4-13-8-17-9-14(13)7-12/h3-4,7,11,15,17H,5-6,8-10H2,1-2H3. The van der Waals surface area contributed by atoms with Crippen LogP contribution in [0.2, 0.25) is 0 Å². The Kier molecular flexibility index (Phi) is 3.76. The molecule has 0 aliphatic carbocycles. The Hall–Kier alpha value is -1.39. The van der Waals surface area contributed by atoms with Crippen molar-refractivity contribution in [2.75, 3.05) is 20.2 Å². The summed E-state index contributed by atoms with van der Waals surface area (Å²) in [5.41, 5.74) is 3.37. The number of likely N-dealkylation sites (tertiary alicyclic amines) is 1. The summed E-state index contributed by atoms with van der Waals surface area (Å²) < 4.78 is 5.49. The van der Waals surface area contributed by atoms with E-state index < -0.39 is 0 Å². The predicted octanol–water partition coefficient (Wildman–Crippen LogP) is 1.79. The quantitative estimate of drug-likeness (QED) is 0.894. The van der Waals surface area contributed by atoms with Crippen LogP contribution in [0.5, 0.6) is 0 Å². The summed E-state index contributed by atoms with van der Waals surface area (Å²) in [7, 11) is 1.73. The zero-order valence-corrected chi connectivity index (χ0v) is 12.2. The number of fused-ring (bicyclic) bond motifs is 1. The lowest BCUT2D eigenvalue weighted by molar-refractivity contribution is -0.00156. The molecule has 2 heterocycles. The molecule has 1 amide bonds. The van der Waals surface area contributed by atoms with Gasteiger partial charge in [-0.2, -0.15) is 0 Å². The molecule has 20 heavy (non-hydrogen) atoms. The van der Waals surface area contributed by atoms with Crippen LogP contribution in [0.1, 0.15) is 34.8 Å².